The summed E-state index contributed by atoms with van der Waals surface area (Å²) in [5, 5.41) is 14.2. The molecule has 2 nitrogen and oxygen atoms in total. The molecule has 22 heavy (non-hydrogen) atoms. The Labute approximate surface area is 139 Å². The first-order chi connectivity index (χ1) is 10.6. The summed E-state index contributed by atoms with van der Waals surface area (Å²) >= 11 is 12.6. The summed E-state index contributed by atoms with van der Waals surface area (Å²) in [7, 11) is 0. The summed E-state index contributed by atoms with van der Waals surface area (Å²) < 4.78 is 0. The maximum absolute atomic E-state index is 9.51. The van der Waals surface area contributed by atoms with Gasteiger partial charge in [0.1, 0.15) is 5.75 Å². The Balaban J connectivity index is 1.82. The van der Waals surface area contributed by atoms with Crippen molar-refractivity contribution < 1.29 is 5.11 Å². The van der Waals surface area contributed by atoms with Crippen molar-refractivity contribution in [3.05, 3.63) is 69.7 Å². The molecule has 0 spiro atoms. The predicted molar refractivity (Wildman–Crippen MR) is 90.9 cm³/mol. The molecule has 1 aliphatic carbocycles. The first-order valence-electron chi connectivity index (χ1n) is 7.35. The van der Waals surface area contributed by atoms with Crippen LogP contribution in [0.1, 0.15) is 29.5 Å². The third-order valence-electron chi connectivity index (χ3n) is 4.68. The van der Waals surface area contributed by atoms with Gasteiger partial charge in [-0.1, -0.05) is 53.6 Å². The molecule has 0 aromatic heterocycles. The molecule has 4 heteroatoms. The van der Waals surface area contributed by atoms with Crippen molar-refractivity contribution in [2.75, 3.05) is 5.32 Å². The first-order valence-corrected chi connectivity index (χ1v) is 8.11. The lowest BCUT2D eigenvalue weighted by Gasteiger charge is -2.38. The highest BCUT2D eigenvalue weighted by atomic mass is 35.5. The molecule has 0 saturated heterocycles. The minimum absolute atomic E-state index is 0.157. The number of rotatable bonds is 1. The predicted octanol–water partition coefficient (Wildman–Crippen LogP) is 5.53. The number of aromatic hydroxyl groups is 1. The van der Waals surface area contributed by atoms with Crippen molar-refractivity contribution in [1.29, 1.82) is 0 Å². The van der Waals surface area contributed by atoms with Gasteiger partial charge in [0.05, 0.1) is 21.8 Å². The summed E-state index contributed by atoms with van der Waals surface area (Å²) in [6.45, 7) is 0. The van der Waals surface area contributed by atoms with Crippen LogP contribution in [0, 0.1) is 5.92 Å². The number of hydrogen-bond donors (Lipinski definition) is 2. The largest absolute Gasteiger partial charge is 0.508 e. The number of phenols is 1. The van der Waals surface area contributed by atoms with E-state index >= 15 is 0 Å². The normalized spacial score (nSPS) is 25.5. The second-order valence-corrected chi connectivity index (χ2v) is 6.68. The van der Waals surface area contributed by atoms with Gasteiger partial charge in [-0.3, -0.25) is 0 Å². The van der Waals surface area contributed by atoms with Gasteiger partial charge in [0.15, 0.2) is 0 Å². The molecule has 2 aromatic rings. The Hall–Kier alpha value is -1.64. The van der Waals surface area contributed by atoms with Gasteiger partial charge < -0.3 is 10.4 Å². The number of allylic oxidation sites excluding steroid dienone is 2. The molecule has 2 aromatic carbocycles. The summed E-state index contributed by atoms with van der Waals surface area (Å²) in [6, 6.07) is 11.5. The highest BCUT2D eigenvalue weighted by molar-refractivity contribution is 6.43. The highest BCUT2D eigenvalue weighted by Crippen LogP contribution is 2.52. The highest BCUT2D eigenvalue weighted by Gasteiger charge is 2.38. The van der Waals surface area contributed by atoms with Crippen molar-refractivity contribution in [2.24, 2.45) is 5.92 Å². The molecule has 3 unspecified atom stereocenters. The van der Waals surface area contributed by atoms with Crippen molar-refractivity contribution >= 4 is 28.9 Å². The number of nitrogens with one attached hydrogen (secondary N) is 1. The average molecular weight is 332 g/mol. The van der Waals surface area contributed by atoms with Crippen LogP contribution in [0.3, 0.4) is 0 Å². The SMILES string of the molecule is Oc1ccc(C2Nc3c(ccc(Cl)c3Cl)C3C=CCC32)cc1. The van der Waals surface area contributed by atoms with Crippen LogP contribution in [-0.4, -0.2) is 5.11 Å². The van der Waals surface area contributed by atoms with Crippen molar-refractivity contribution in [2.45, 2.75) is 18.4 Å². The van der Waals surface area contributed by atoms with E-state index in [4.69, 9.17) is 23.2 Å². The fourth-order valence-corrected chi connectivity index (χ4v) is 4.00. The van der Waals surface area contributed by atoms with Crippen LogP contribution in [0.2, 0.25) is 10.0 Å². The van der Waals surface area contributed by atoms with E-state index in [1.54, 1.807) is 12.1 Å². The van der Waals surface area contributed by atoms with Crippen molar-refractivity contribution in [3.63, 3.8) is 0 Å². The van der Waals surface area contributed by atoms with Crippen LogP contribution in [0.15, 0.2) is 48.6 Å². The molecule has 2 N–H and O–H groups in total. The van der Waals surface area contributed by atoms with Crippen LogP contribution in [-0.2, 0) is 0 Å². The van der Waals surface area contributed by atoms with Gasteiger partial charge in [0, 0.05) is 5.92 Å². The molecule has 0 bridgehead atoms. The smallest absolute Gasteiger partial charge is 0.115 e. The van der Waals surface area contributed by atoms with E-state index < -0.39 is 0 Å². The van der Waals surface area contributed by atoms with E-state index in [2.05, 4.69) is 23.5 Å². The summed E-state index contributed by atoms with van der Waals surface area (Å²) in [5.41, 5.74) is 3.29. The van der Waals surface area contributed by atoms with Crippen LogP contribution >= 0.6 is 23.2 Å². The minimum atomic E-state index is 0.157. The van der Waals surface area contributed by atoms with Crippen LogP contribution in [0.25, 0.3) is 0 Å². The Morgan fingerprint density at radius 2 is 1.82 bits per heavy atom. The monoisotopic (exact) mass is 331 g/mol. The van der Waals surface area contributed by atoms with Gasteiger partial charge in [-0.05, 0) is 41.7 Å². The van der Waals surface area contributed by atoms with E-state index in [1.165, 1.54) is 5.56 Å². The lowest BCUT2D eigenvalue weighted by molar-refractivity contribution is 0.424. The zero-order valence-corrected chi connectivity index (χ0v) is 13.3. The number of hydrogen-bond acceptors (Lipinski definition) is 2. The van der Waals surface area contributed by atoms with E-state index in [1.807, 2.05) is 18.2 Å². The average Bonchev–Trinajstić information content (AvgIpc) is 3.01. The molecule has 3 atom stereocenters. The van der Waals surface area contributed by atoms with Gasteiger partial charge >= 0.3 is 0 Å². The van der Waals surface area contributed by atoms with E-state index in [0.29, 0.717) is 21.9 Å². The first kappa shape index (κ1) is 14.0. The number of fused-ring (bicyclic) bond motifs is 3. The Morgan fingerprint density at radius 1 is 1.05 bits per heavy atom. The molecule has 1 heterocycles. The molecular weight excluding hydrogens is 317 g/mol. The number of benzene rings is 2. The molecule has 0 radical (unpaired) electrons. The number of phenolic OH excluding ortho intramolecular Hbond substituents is 1. The third kappa shape index (κ3) is 2.10. The molecule has 0 saturated carbocycles. The zero-order valence-electron chi connectivity index (χ0n) is 11.8. The Kier molecular flexibility index (Phi) is 3.32. The maximum Gasteiger partial charge on any atom is 0.115 e. The summed E-state index contributed by atoms with van der Waals surface area (Å²) in [6.07, 6.45) is 5.53. The Morgan fingerprint density at radius 3 is 2.59 bits per heavy atom. The summed E-state index contributed by atoms with van der Waals surface area (Å²) in [4.78, 5) is 0. The Bertz CT molecular complexity index is 754. The molecule has 0 amide bonds. The summed E-state index contributed by atoms with van der Waals surface area (Å²) in [5.74, 6) is 1.08. The van der Waals surface area contributed by atoms with Crippen LogP contribution < -0.4 is 5.32 Å². The van der Waals surface area contributed by atoms with E-state index in [0.717, 1.165) is 17.7 Å². The minimum Gasteiger partial charge on any atom is -0.508 e. The molecule has 112 valence electrons. The maximum atomic E-state index is 9.51. The zero-order chi connectivity index (χ0) is 15.3. The fraction of sp³-hybridized carbons (Fsp3) is 0.222. The van der Waals surface area contributed by atoms with Gasteiger partial charge in [-0.15, -0.1) is 0 Å². The van der Waals surface area contributed by atoms with Crippen LogP contribution in [0.5, 0.6) is 5.75 Å². The molecule has 0 fully saturated rings. The number of anilines is 1. The quantitative estimate of drug-likeness (QED) is 0.674. The molecule has 2 aliphatic rings. The van der Waals surface area contributed by atoms with Gasteiger partial charge in [-0.2, -0.15) is 0 Å². The topological polar surface area (TPSA) is 32.3 Å². The van der Waals surface area contributed by atoms with Crippen molar-refractivity contribution in [3.8, 4) is 5.75 Å². The van der Waals surface area contributed by atoms with Crippen molar-refractivity contribution in [1.82, 2.24) is 0 Å². The fourth-order valence-electron chi connectivity index (χ4n) is 3.61. The van der Waals surface area contributed by atoms with Crippen LogP contribution in [0.4, 0.5) is 5.69 Å². The lowest BCUT2D eigenvalue weighted by Crippen LogP contribution is -2.29. The van der Waals surface area contributed by atoms with Gasteiger partial charge in [0.25, 0.3) is 0 Å². The van der Waals surface area contributed by atoms with E-state index in [-0.39, 0.29) is 11.8 Å². The second kappa shape index (κ2) is 5.22. The second-order valence-electron chi connectivity index (χ2n) is 5.89. The third-order valence-corrected chi connectivity index (χ3v) is 5.48. The lowest BCUT2D eigenvalue weighted by atomic mass is 9.77. The molecule has 4 rings (SSSR count). The van der Waals surface area contributed by atoms with E-state index in [9.17, 15) is 5.11 Å². The van der Waals surface area contributed by atoms with Gasteiger partial charge in [0.2, 0.25) is 0 Å². The van der Waals surface area contributed by atoms with Gasteiger partial charge in [-0.25, -0.2) is 0 Å². The number of halogens is 2. The molecular formula is C18H15Cl2NO. The molecule has 1 aliphatic heterocycles. The standard InChI is InChI=1S/C18H15Cl2NO/c19-15-9-8-14-12-2-1-3-13(12)17(21-18(14)16(15)20)10-4-6-11(22)7-5-10/h1-2,4-9,12-13,17,21-22H,3H2.